The van der Waals surface area contributed by atoms with E-state index >= 15 is 0 Å². The molecule has 2 aromatic rings. The number of nitrogens with zero attached hydrogens (tertiary/aromatic N) is 3. The summed E-state index contributed by atoms with van der Waals surface area (Å²) in [5, 5.41) is 7.61. The average molecular weight is 354 g/mol. The lowest BCUT2D eigenvalue weighted by Crippen LogP contribution is -2.49. The fraction of sp³-hybridized carbons (Fsp3) is 0.524. The Balaban J connectivity index is 1.48. The van der Waals surface area contributed by atoms with Crippen molar-refractivity contribution in [3.8, 4) is 0 Å². The molecule has 1 aliphatic rings. The Bertz CT molecular complexity index is 710. The summed E-state index contributed by atoms with van der Waals surface area (Å²) in [4.78, 5) is 15.0. The SMILES string of the molecule is Cc1cc(C)n(CCCNC(=O)[C@H]2CCCCN2Cc2ccccc2)n1. The molecule has 1 atom stereocenters. The molecule has 0 radical (unpaired) electrons. The highest BCUT2D eigenvalue weighted by Gasteiger charge is 2.28. The summed E-state index contributed by atoms with van der Waals surface area (Å²) in [5.41, 5.74) is 3.50. The van der Waals surface area contributed by atoms with Crippen LogP contribution in [0.4, 0.5) is 0 Å². The van der Waals surface area contributed by atoms with E-state index in [2.05, 4.69) is 52.6 Å². The van der Waals surface area contributed by atoms with E-state index in [1.54, 1.807) is 0 Å². The van der Waals surface area contributed by atoms with Gasteiger partial charge in [0, 0.05) is 25.3 Å². The highest BCUT2D eigenvalue weighted by atomic mass is 16.2. The van der Waals surface area contributed by atoms with Crippen LogP contribution >= 0.6 is 0 Å². The topological polar surface area (TPSA) is 50.2 Å². The van der Waals surface area contributed by atoms with Crippen molar-refractivity contribution in [3.05, 3.63) is 53.3 Å². The lowest BCUT2D eigenvalue weighted by molar-refractivity contribution is -0.127. The number of aromatic nitrogens is 2. The van der Waals surface area contributed by atoms with E-state index in [1.165, 1.54) is 17.7 Å². The van der Waals surface area contributed by atoms with Crippen molar-refractivity contribution >= 4 is 5.91 Å². The second kappa shape index (κ2) is 8.99. The molecule has 0 saturated carbocycles. The number of rotatable bonds is 7. The minimum absolute atomic E-state index is 0.00219. The first kappa shape index (κ1) is 18.6. The number of hydrogen-bond donors (Lipinski definition) is 1. The van der Waals surface area contributed by atoms with Gasteiger partial charge in [0.2, 0.25) is 5.91 Å². The zero-order valence-corrected chi connectivity index (χ0v) is 15.9. The molecule has 1 aromatic heterocycles. The van der Waals surface area contributed by atoms with Crippen LogP contribution in [0.1, 0.15) is 42.6 Å². The number of carbonyl (C=O) groups excluding carboxylic acids is 1. The second-order valence-electron chi connectivity index (χ2n) is 7.26. The Morgan fingerprint density at radius 2 is 2.04 bits per heavy atom. The number of hydrogen-bond acceptors (Lipinski definition) is 3. The van der Waals surface area contributed by atoms with Gasteiger partial charge in [0.15, 0.2) is 0 Å². The number of amides is 1. The molecule has 0 unspecified atom stereocenters. The summed E-state index contributed by atoms with van der Waals surface area (Å²) in [7, 11) is 0. The fourth-order valence-corrected chi connectivity index (χ4v) is 3.75. The smallest absolute Gasteiger partial charge is 0.237 e. The molecule has 26 heavy (non-hydrogen) atoms. The maximum absolute atomic E-state index is 12.7. The van der Waals surface area contributed by atoms with Gasteiger partial charge in [-0.1, -0.05) is 36.8 Å². The molecule has 1 aliphatic heterocycles. The van der Waals surface area contributed by atoms with Crippen molar-refractivity contribution in [1.29, 1.82) is 0 Å². The number of nitrogens with one attached hydrogen (secondary N) is 1. The maximum atomic E-state index is 12.7. The molecule has 140 valence electrons. The van der Waals surface area contributed by atoms with Crippen molar-refractivity contribution in [1.82, 2.24) is 20.0 Å². The number of aryl methyl sites for hydroxylation is 3. The molecule has 5 heteroatoms. The Kier molecular flexibility index (Phi) is 6.45. The second-order valence-corrected chi connectivity index (χ2v) is 7.26. The minimum atomic E-state index is -0.00219. The summed E-state index contributed by atoms with van der Waals surface area (Å²) < 4.78 is 2.02. The predicted molar refractivity (Wildman–Crippen MR) is 104 cm³/mol. The molecule has 0 bridgehead atoms. The van der Waals surface area contributed by atoms with Gasteiger partial charge in [-0.15, -0.1) is 0 Å². The maximum Gasteiger partial charge on any atom is 0.237 e. The van der Waals surface area contributed by atoms with Crippen LogP contribution in [0.2, 0.25) is 0 Å². The third-order valence-electron chi connectivity index (χ3n) is 5.09. The zero-order valence-electron chi connectivity index (χ0n) is 15.9. The first-order valence-electron chi connectivity index (χ1n) is 9.70. The zero-order chi connectivity index (χ0) is 18.4. The van der Waals surface area contributed by atoms with Gasteiger partial charge in [0.1, 0.15) is 0 Å². The molecule has 1 saturated heterocycles. The van der Waals surface area contributed by atoms with Crippen molar-refractivity contribution in [2.24, 2.45) is 0 Å². The Hall–Kier alpha value is -2.14. The molecule has 1 N–H and O–H groups in total. The van der Waals surface area contributed by atoms with Gasteiger partial charge in [-0.25, -0.2) is 0 Å². The third-order valence-corrected chi connectivity index (χ3v) is 5.09. The standard InChI is InChI=1S/C21H30N4O/c1-17-15-18(2)25(23-17)14-8-12-22-21(26)20-11-6-7-13-24(20)16-19-9-4-3-5-10-19/h3-5,9-10,15,20H,6-8,11-14,16H2,1-2H3,(H,22,26)/t20-/m1/s1. The van der Waals surface area contributed by atoms with Crippen molar-refractivity contribution in [2.75, 3.05) is 13.1 Å². The summed E-state index contributed by atoms with van der Waals surface area (Å²) in [6.07, 6.45) is 4.17. The minimum Gasteiger partial charge on any atom is -0.355 e. The number of piperidine rings is 1. The lowest BCUT2D eigenvalue weighted by Gasteiger charge is -2.34. The van der Waals surface area contributed by atoms with Gasteiger partial charge >= 0.3 is 0 Å². The van der Waals surface area contributed by atoms with Crippen LogP contribution in [0.3, 0.4) is 0 Å². The van der Waals surface area contributed by atoms with Crippen molar-refractivity contribution < 1.29 is 4.79 Å². The fourth-order valence-electron chi connectivity index (χ4n) is 3.75. The van der Waals surface area contributed by atoms with Crippen LogP contribution in [0, 0.1) is 13.8 Å². The molecule has 0 aliphatic carbocycles. The largest absolute Gasteiger partial charge is 0.355 e. The van der Waals surface area contributed by atoms with Crippen LogP contribution in [0.25, 0.3) is 0 Å². The molecule has 5 nitrogen and oxygen atoms in total. The summed E-state index contributed by atoms with van der Waals surface area (Å²) in [6.45, 7) is 7.48. The van der Waals surface area contributed by atoms with Crippen LogP contribution in [0.15, 0.2) is 36.4 Å². The third kappa shape index (κ3) is 4.94. The highest BCUT2D eigenvalue weighted by molar-refractivity contribution is 5.81. The number of benzene rings is 1. The quantitative estimate of drug-likeness (QED) is 0.778. The molecular weight excluding hydrogens is 324 g/mol. The predicted octanol–water partition coefficient (Wildman–Crippen LogP) is 3.06. The van der Waals surface area contributed by atoms with Gasteiger partial charge in [-0.2, -0.15) is 5.10 Å². The van der Waals surface area contributed by atoms with E-state index in [1.807, 2.05) is 17.7 Å². The first-order valence-corrected chi connectivity index (χ1v) is 9.70. The van der Waals surface area contributed by atoms with Crippen molar-refractivity contribution in [2.45, 2.75) is 58.7 Å². The molecule has 1 aromatic carbocycles. The van der Waals surface area contributed by atoms with E-state index in [9.17, 15) is 4.79 Å². The van der Waals surface area contributed by atoms with Crippen LogP contribution < -0.4 is 5.32 Å². The summed E-state index contributed by atoms with van der Waals surface area (Å²) in [5.74, 6) is 0.175. The summed E-state index contributed by atoms with van der Waals surface area (Å²) in [6, 6.07) is 12.5. The lowest BCUT2D eigenvalue weighted by atomic mass is 10.0. The number of likely N-dealkylation sites (tertiary alicyclic amines) is 1. The van der Waals surface area contributed by atoms with Crippen molar-refractivity contribution in [3.63, 3.8) is 0 Å². The van der Waals surface area contributed by atoms with Gasteiger partial charge < -0.3 is 5.32 Å². The Morgan fingerprint density at radius 3 is 2.77 bits per heavy atom. The van der Waals surface area contributed by atoms with E-state index in [-0.39, 0.29) is 11.9 Å². The average Bonchev–Trinajstić information content (AvgIpc) is 2.97. The van der Waals surface area contributed by atoms with Gasteiger partial charge in [0.25, 0.3) is 0 Å². The Labute approximate surface area is 156 Å². The molecule has 0 spiro atoms. The molecule has 2 heterocycles. The van der Waals surface area contributed by atoms with Gasteiger partial charge in [-0.05, 0) is 51.3 Å². The number of carbonyl (C=O) groups is 1. The monoisotopic (exact) mass is 354 g/mol. The van der Waals surface area contributed by atoms with Crippen LogP contribution in [0.5, 0.6) is 0 Å². The summed E-state index contributed by atoms with van der Waals surface area (Å²) >= 11 is 0. The van der Waals surface area contributed by atoms with Gasteiger partial charge in [-0.3, -0.25) is 14.4 Å². The Morgan fingerprint density at radius 1 is 1.23 bits per heavy atom. The normalized spacial score (nSPS) is 18.0. The first-order chi connectivity index (χ1) is 12.6. The van der Waals surface area contributed by atoms with E-state index in [0.29, 0.717) is 6.54 Å². The molecule has 3 rings (SSSR count). The molecule has 1 fully saturated rings. The molecule has 1 amide bonds. The highest BCUT2D eigenvalue weighted by Crippen LogP contribution is 2.19. The van der Waals surface area contributed by atoms with Gasteiger partial charge in [0.05, 0.1) is 11.7 Å². The van der Waals surface area contributed by atoms with E-state index in [4.69, 9.17) is 0 Å². The van der Waals surface area contributed by atoms with Crippen LogP contribution in [-0.4, -0.2) is 39.7 Å². The molecular formula is C21H30N4O. The van der Waals surface area contributed by atoms with Crippen LogP contribution in [-0.2, 0) is 17.9 Å². The van der Waals surface area contributed by atoms with E-state index in [0.717, 1.165) is 44.6 Å². The van der Waals surface area contributed by atoms with E-state index < -0.39 is 0 Å².